The molecule has 0 aliphatic carbocycles. The second-order valence-corrected chi connectivity index (χ2v) is 11.6. The van der Waals surface area contributed by atoms with Gasteiger partial charge in [-0.15, -0.1) is 0 Å². The highest BCUT2D eigenvalue weighted by atomic mass is 16.5. The van der Waals surface area contributed by atoms with Crippen molar-refractivity contribution >= 4 is 28.2 Å². The van der Waals surface area contributed by atoms with Gasteiger partial charge in [-0.1, -0.05) is 38.1 Å². The highest BCUT2D eigenvalue weighted by Crippen LogP contribution is 2.35. The number of fused-ring (bicyclic) bond motifs is 1. The molecule has 9 heteroatoms. The summed E-state index contributed by atoms with van der Waals surface area (Å²) in [5.74, 6) is 2.25. The van der Waals surface area contributed by atoms with Crippen LogP contribution in [0.1, 0.15) is 48.6 Å². The summed E-state index contributed by atoms with van der Waals surface area (Å²) in [7, 11) is 3.35. The average molecular weight is 641 g/mol. The standard InChI is InChI=1S/C39H40N6O3/c1-5-28-15-17-40-23-33(28)34-21-36(39-35(44-34)20-30(22-42-39)43-38-19-29(16-18-41-38)37(46)6-2)45(24-26-7-11-31(47-3)12-8-26)25-27-9-13-32(48-4)14-10-27/h7-23,37,46H,5-6,24-25H2,1-4H3,(H,41,43). The molecule has 6 rings (SSSR count). The van der Waals surface area contributed by atoms with E-state index in [4.69, 9.17) is 19.4 Å². The number of aliphatic hydroxyl groups excluding tert-OH is 1. The smallest absolute Gasteiger partial charge is 0.130 e. The number of methoxy groups -OCH3 is 2. The van der Waals surface area contributed by atoms with Crippen LogP contribution in [0.2, 0.25) is 0 Å². The van der Waals surface area contributed by atoms with E-state index in [1.54, 1.807) is 26.6 Å². The molecule has 0 bridgehead atoms. The van der Waals surface area contributed by atoms with E-state index in [9.17, 15) is 5.11 Å². The molecule has 0 saturated heterocycles. The van der Waals surface area contributed by atoms with Gasteiger partial charge in [0.15, 0.2) is 0 Å². The zero-order valence-corrected chi connectivity index (χ0v) is 27.7. The number of aromatic nitrogens is 4. The summed E-state index contributed by atoms with van der Waals surface area (Å²) in [5, 5.41) is 13.8. The Bertz CT molecular complexity index is 1930. The number of nitrogens with one attached hydrogen (secondary N) is 1. The molecule has 0 saturated carbocycles. The monoisotopic (exact) mass is 640 g/mol. The van der Waals surface area contributed by atoms with E-state index in [1.807, 2.05) is 67.8 Å². The summed E-state index contributed by atoms with van der Waals surface area (Å²) >= 11 is 0. The normalized spacial score (nSPS) is 11.7. The van der Waals surface area contributed by atoms with Crippen LogP contribution in [0.3, 0.4) is 0 Å². The van der Waals surface area contributed by atoms with Crippen LogP contribution in [-0.2, 0) is 19.5 Å². The van der Waals surface area contributed by atoms with Gasteiger partial charge >= 0.3 is 0 Å². The molecule has 4 aromatic heterocycles. The van der Waals surface area contributed by atoms with Gasteiger partial charge in [-0.05, 0) is 89.7 Å². The van der Waals surface area contributed by atoms with Gasteiger partial charge in [0.2, 0.25) is 0 Å². The Balaban J connectivity index is 1.48. The fourth-order valence-corrected chi connectivity index (χ4v) is 5.74. The van der Waals surface area contributed by atoms with Crippen molar-refractivity contribution in [3.05, 3.63) is 126 Å². The van der Waals surface area contributed by atoms with E-state index < -0.39 is 6.10 Å². The van der Waals surface area contributed by atoms with E-state index >= 15 is 0 Å². The van der Waals surface area contributed by atoms with Crippen LogP contribution in [0.25, 0.3) is 22.3 Å². The van der Waals surface area contributed by atoms with E-state index in [-0.39, 0.29) is 0 Å². The molecule has 6 aromatic rings. The zero-order chi connectivity index (χ0) is 33.5. The number of aryl methyl sites for hydroxylation is 1. The van der Waals surface area contributed by atoms with Crippen LogP contribution in [0.4, 0.5) is 17.2 Å². The van der Waals surface area contributed by atoms with Crippen LogP contribution in [0, 0.1) is 0 Å². The number of benzene rings is 2. The lowest BCUT2D eigenvalue weighted by Crippen LogP contribution is -2.23. The Morgan fingerprint density at radius 2 is 1.48 bits per heavy atom. The van der Waals surface area contributed by atoms with Crippen LogP contribution in [-0.4, -0.2) is 39.3 Å². The SMILES string of the molecule is CCc1ccncc1-c1cc(N(Cc2ccc(OC)cc2)Cc2ccc(OC)cc2)c2ncc(Nc3cc(C(O)CC)ccn3)cc2n1. The fraction of sp³-hybridized carbons (Fsp3) is 0.231. The van der Waals surface area contributed by atoms with Gasteiger partial charge in [0, 0.05) is 37.2 Å². The molecule has 0 radical (unpaired) electrons. The molecule has 9 nitrogen and oxygen atoms in total. The maximum Gasteiger partial charge on any atom is 0.130 e. The summed E-state index contributed by atoms with van der Waals surface area (Å²) in [5.41, 5.74) is 9.24. The molecule has 0 fully saturated rings. The molecular formula is C39H40N6O3. The third kappa shape index (κ3) is 7.37. The molecule has 0 aliphatic rings. The van der Waals surface area contributed by atoms with E-state index in [1.165, 1.54) is 0 Å². The maximum absolute atomic E-state index is 10.4. The molecule has 2 aromatic carbocycles. The minimum atomic E-state index is -0.551. The number of rotatable bonds is 13. The first-order chi connectivity index (χ1) is 23.5. The van der Waals surface area contributed by atoms with Crippen molar-refractivity contribution in [1.29, 1.82) is 0 Å². The second kappa shape index (κ2) is 14.9. The van der Waals surface area contributed by atoms with Gasteiger partial charge in [0.25, 0.3) is 0 Å². The fourth-order valence-electron chi connectivity index (χ4n) is 5.74. The number of anilines is 3. The Morgan fingerprint density at radius 1 is 0.792 bits per heavy atom. The van der Waals surface area contributed by atoms with Crippen LogP contribution < -0.4 is 19.7 Å². The van der Waals surface area contributed by atoms with Gasteiger partial charge in [-0.3, -0.25) is 9.97 Å². The molecular weight excluding hydrogens is 600 g/mol. The molecule has 1 atom stereocenters. The molecule has 244 valence electrons. The van der Waals surface area contributed by atoms with E-state index in [0.29, 0.717) is 25.3 Å². The third-order valence-electron chi connectivity index (χ3n) is 8.43. The van der Waals surface area contributed by atoms with Crippen molar-refractivity contribution in [3.8, 4) is 22.8 Å². The highest BCUT2D eigenvalue weighted by Gasteiger charge is 2.19. The summed E-state index contributed by atoms with van der Waals surface area (Å²) in [6.07, 6.45) is 8.13. The molecule has 2 N–H and O–H groups in total. The quantitative estimate of drug-likeness (QED) is 0.130. The van der Waals surface area contributed by atoms with Crippen molar-refractivity contribution < 1.29 is 14.6 Å². The van der Waals surface area contributed by atoms with Gasteiger partial charge < -0.3 is 24.8 Å². The molecule has 1 unspecified atom stereocenters. The summed E-state index contributed by atoms with van der Waals surface area (Å²) in [4.78, 5) is 21.4. The molecule has 0 aliphatic heterocycles. The molecule has 48 heavy (non-hydrogen) atoms. The number of hydrogen-bond acceptors (Lipinski definition) is 9. The lowest BCUT2D eigenvalue weighted by Gasteiger charge is -2.27. The lowest BCUT2D eigenvalue weighted by molar-refractivity contribution is 0.173. The minimum Gasteiger partial charge on any atom is -0.497 e. The minimum absolute atomic E-state index is 0.551. The zero-order valence-electron chi connectivity index (χ0n) is 27.7. The Morgan fingerprint density at radius 3 is 2.10 bits per heavy atom. The van der Waals surface area contributed by atoms with Gasteiger partial charge in [0.1, 0.15) is 22.8 Å². The molecule has 4 heterocycles. The molecule has 0 amide bonds. The summed E-state index contributed by atoms with van der Waals surface area (Å²) < 4.78 is 10.9. The van der Waals surface area contributed by atoms with Crippen molar-refractivity contribution in [2.75, 3.05) is 24.4 Å². The summed E-state index contributed by atoms with van der Waals surface area (Å²) in [6.45, 7) is 5.34. The van der Waals surface area contributed by atoms with Crippen molar-refractivity contribution in [2.45, 2.75) is 45.9 Å². The lowest BCUT2D eigenvalue weighted by atomic mass is 10.0. The highest BCUT2D eigenvalue weighted by molar-refractivity contribution is 5.93. The van der Waals surface area contributed by atoms with Crippen LogP contribution in [0.5, 0.6) is 11.5 Å². The second-order valence-electron chi connectivity index (χ2n) is 11.6. The number of nitrogens with zero attached hydrogens (tertiary/aromatic N) is 5. The third-order valence-corrected chi connectivity index (χ3v) is 8.43. The van der Waals surface area contributed by atoms with Gasteiger partial charge in [0.05, 0.1) is 49.1 Å². The van der Waals surface area contributed by atoms with Crippen LogP contribution >= 0.6 is 0 Å². The van der Waals surface area contributed by atoms with E-state index in [0.717, 1.165) is 73.8 Å². The van der Waals surface area contributed by atoms with Crippen molar-refractivity contribution in [3.63, 3.8) is 0 Å². The summed E-state index contributed by atoms with van der Waals surface area (Å²) in [6, 6.07) is 26.2. The van der Waals surface area contributed by atoms with Crippen molar-refractivity contribution in [1.82, 2.24) is 19.9 Å². The maximum atomic E-state index is 10.4. The molecule has 0 spiro atoms. The predicted molar refractivity (Wildman–Crippen MR) is 191 cm³/mol. The number of ether oxygens (including phenoxy) is 2. The Hall–Kier alpha value is -5.54. The van der Waals surface area contributed by atoms with Crippen LogP contribution in [0.15, 0.2) is 104 Å². The van der Waals surface area contributed by atoms with E-state index in [2.05, 4.69) is 57.4 Å². The predicted octanol–water partition coefficient (Wildman–Crippen LogP) is 8.06. The number of aliphatic hydroxyl groups is 1. The average Bonchev–Trinajstić information content (AvgIpc) is 3.14. The van der Waals surface area contributed by atoms with Crippen molar-refractivity contribution in [2.24, 2.45) is 0 Å². The Kier molecular flexibility index (Phi) is 10.1. The first kappa shape index (κ1) is 32.4. The first-order valence-electron chi connectivity index (χ1n) is 16.1. The largest absolute Gasteiger partial charge is 0.497 e. The van der Waals surface area contributed by atoms with Gasteiger partial charge in [-0.25, -0.2) is 9.97 Å². The Labute approximate surface area is 281 Å². The number of hydrogen-bond donors (Lipinski definition) is 2. The number of pyridine rings is 4. The topological polar surface area (TPSA) is 106 Å². The first-order valence-corrected chi connectivity index (χ1v) is 16.1. The van der Waals surface area contributed by atoms with Gasteiger partial charge in [-0.2, -0.15) is 0 Å².